The Morgan fingerprint density at radius 2 is 1.81 bits per heavy atom. The van der Waals surface area contributed by atoms with Crippen LogP contribution < -0.4 is 5.32 Å². The summed E-state index contributed by atoms with van der Waals surface area (Å²) in [6, 6.07) is 9.83. The average molecular weight is 218 g/mol. The minimum atomic E-state index is -0.386. The molecule has 0 aromatic heterocycles. The van der Waals surface area contributed by atoms with E-state index in [1.165, 1.54) is 25.7 Å². The molecule has 16 heavy (non-hydrogen) atoms. The lowest BCUT2D eigenvalue weighted by molar-refractivity contribution is 0.175. The van der Waals surface area contributed by atoms with Crippen molar-refractivity contribution in [2.24, 2.45) is 0 Å². The lowest BCUT2D eigenvalue weighted by Gasteiger charge is -2.14. The first-order valence-corrected chi connectivity index (χ1v) is 6.13. The highest BCUT2D eigenvalue weighted by Gasteiger charge is 2.15. The first-order chi connectivity index (χ1) is 7.86. The third-order valence-electron chi connectivity index (χ3n) is 3.21. The van der Waals surface area contributed by atoms with Crippen molar-refractivity contribution >= 4 is 0 Å². The molecule has 0 amide bonds. The van der Waals surface area contributed by atoms with Crippen LogP contribution in [0.25, 0.3) is 0 Å². The molecule has 0 heterocycles. The molecule has 2 rings (SSSR count). The van der Waals surface area contributed by atoms with E-state index in [2.05, 4.69) is 5.32 Å². The van der Waals surface area contributed by atoms with Crippen molar-refractivity contribution in [3.8, 4) is 0 Å². The third-order valence-corrected chi connectivity index (χ3v) is 3.21. The van der Waals surface area contributed by atoms with E-state index in [9.17, 15) is 5.11 Å². The van der Waals surface area contributed by atoms with Crippen LogP contribution in [0.1, 0.15) is 37.4 Å². The van der Waals surface area contributed by atoms with E-state index in [0.29, 0.717) is 6.54 Å². The Bertz CT molecular complexity index is 293. The number of rotatable bonds is 5. The van der Waals surface area contributed by atoms with E-state index in [-0.39, 0.29) is 6.10 Å². The molecule has 0 unspecified atom stereocenters. The van der Waals surface area contributed by atoms with Crippen molar-refractivity contribution in [1.82, 2.24) is 5.32 Å². The van der Waals surface area contributed by atoms with Crippen LogP contribution in [0.5, 0.6) is 0 Å². The number of aliphatic hydroxyl groups excluding tert-OH is 1. The Labute approximate surface area is 97.7 Å². The predicted octanol–water partition coefficient (Wildman–Crippen LogP) is 2.46. The second kappa shape index (κ2) is 6.02. The zero-order chi connectivity index (χ0) is 11.2. The molecule has 1 aromatic rings. The highest BCUT2D eigenvalue weighted by molar-refractivity contribution is 5.17. The molecule has 2 heteroatoms. The lowest BCUT2D eigenvalue weighted by Crippen LogP contribution is -2.25. The molecule has 1 fully saturated rings. The van der Waals surface area contributed by atoms with E-state index in [1.54, 1.807) is 5.92 Å². The van der Waals surface area contributed by atoms with Crippen LogP contribution in [0.3, 0.4) is 0 Å². The van der Waals surface area contributed by atoms with Crippen molar-refractivity contribution in [3.63, 3.8) is 0 Å². The summed E-state index contributed by atoms with van der Waals surface area (Å²) in [6.07, 6.45) is 4.85. The fraction of sp³-hybridized carbons (Fsp3) is 0.500. The fourth-order valence-electron chi connectivity index (χ4n) is 2.23. The molecule has 0 aliphatic heterocycles. The molecular formula is C14H20NO. The summed E-state index contributed by atoms with van der Waals surface area (Å²) in [7, 11) is 0. The van der Waals surface area contributed by atoms with Gasteiger partial charge in [-0.1, -0.05) is 43.2 Å². The molecule has 87 valence electrons. The van der Waals surface area contributed by atoms with Crippen LogP contribution in [0, 0.1) is 5.92 Å². The molecule has 0 spiro atoms. The predicted molar refractivity (Wildman–Crippen MR) is 66.0 cm³/mol. The minimum Gasteiger partial charge on any atom is -0.387 e. The molecule has 1 saturated carbocycles. The summed E-state index contributed by atoms with van der Waals surface area (Å²) in [5.41, 5.74) is 0.992. The number of hydrogen-bond donors (Lipinski definition) is 2. The van der Waals surface area contributed by atoms with Gasteiger partial charge in [-0.2, -0.15) is 0 Å². The Balaban J connectivity index is 1.69. The normalized spacial score (nSPS) is 18.8. The monoisotopic (exact) mass is 218 g/mol. The van der Waals surface area contributed by atoms with Crippen LogP contribution in [0.15, 0.2) is 30.3 Å². The maximum Gasteiger partial charge on any atom is 0.0914 e. The molecule has 0 saturated heterocycles. The molecule has 1 atom stereocenters. The number of benzene rings is 1. The molecule has 1 aromatic carbocycles. The minimum absolute atomic E-state index is 0.386. The third kappa shape index (κ3) is 3.32. The van der Waals surface area contributed by atoms with Gasteiger partial charge in [-0.15, -0.1) is 0 Å². The van der Waals surface area contributed by atoms with E-state index >= 15 is 0 Å². The van der Waals surface area contributed by atoms with E-state index in [4.69, 9.17) is 0 Å². The van der Waals surface area contributed by atoms with Crippen LogP contribution in [0.4, 0.5) is 0 Å². The summed E-state index contributed by atoms with van der Waals surface area (Å²) in [4.78, 5) is 0. The van der Waals surface area contributed by atoms with Crippen LogP contribution in [-0.2, 0) is 0 Å². The smallest absolute Gasteiger partial charge is 0.0914 e. The standard InChI is InChI=1S/C14H20NO/c16-14(13-8-2-1-3-9-13)11-15-10-12-6-4-5-7-12/h1-3,8-9,14-16H,4-7,10-11H2/t14-/m0/s1. The molecule has 2 N–H and O–H groups in total. The van der Waals surface area contributed by atoms with E-state index < -0.39 is 0 Å². The highest BCUT2D eigenvalue weighted by Crippen LogP contribution is 2.25. The second-order valence-corrected chi connectivity index (χ2v) is 4.51. The summed E-state index contributed by atoms with van der Waals surface area (Å²) < 4.78 is 0. The van der Waals surface area contributed by atoms with Gasteiger partial charge in [-0.25, -0.2) is 0 Å². The molecule has 1 aliphatic carbocycles. The maximum absolute atomic E-state index is 9.92. The van der Waals surface area contributed by atoms with E-state index in [0.717, 1.165) is 12.1 Å². The van der Waals surface area contributed by atoms with Gasteiger partial charge in [0, 0.05) is 13.1 Å². The second-order valence-electron chi connectivity index (χ2n) is 4.51. The van der Waals surface area contributed by atoms with Gasteiger partial charge < -0.3 is 10.4 Å². The van der Waals surface area contributed by atoms with Crippen LogP contribution in [0.2, 0.25) is 0 Å². The quantitative estimate of drug-likeness (QED) is 0.795. The maximum atomic E-state index is 9.92. The summed E-state index contributed by atoms with van der Waals surface area (Å²) in [5, 5.41) is 13.3. The largest absolute Gasteiger partial charge is 0.387 e. The topological polar surface area (TPSA) is 32.3 Å². The highest BCUT2D eigenvalue weighted by atomic mass is 16.3. The van der Waals surface area contributed by atoms with Crippen LogP contribution >= 0.6 is 0 Å². The number of hydrogen-bond acceptors (Lipinski definition) is 2. The molecular weight excluding hydrogens is 198 g/mol. The van der Waals surface area contributed by atoms with Crippen molar-refractivity contribution < 1.29 is 5.11 Å². The summed E-state index contributed by atoms with van der Waals surface area (Å²) in [6.45, 7) is 1.62. The Morgan fingerprint density at radius 1 is 1.12 bits per heavy atom. The fourth-order valence-corrected chi connectivity index (χ4v) is 2.23. The SMILES string of the molecule is O[C@@H](CNC[C]1CCCC1)c1ccccc1. The number of nitrogens with one attached hydrogen (secondary N) is 1. The van der Waals surface area contributed by atoms with Crippen molar-refractivity contribution in [1.29, 1.82) is 0 Å². The van der Waals surface area contributed by atoms with Crippen molar-refractivity contribution in [2.45, 2.75) is 31.8 Å². The Hall–Kier alpha value is -0.860. The average Bonchev–Trinajstić information content (AvgIpc) is 2.83. The van der Waals surface area contributed by atoms with E-state index in [1.807, 2.05) is 30.3 Å². The summed E-state index contributed by atoms with van der Waals surface area (Å²) >= 11 is 0. The molecule has 1 radical (unpaired) electrons. The Kier molecular flexibility index (Phi) is 4.37. The summed E-state index contributed by atoms with van der Waals surface area (Å²) in [5.74, 6) is 1.61. The Morgan fingerprint density at radius 3 is 2.50 bits per heavy atom. The first kappa shape index (κ1) is 11.6. The van der Waals surface area contributed by atoms with Crippen molar-refractivity contribution in [3.05, 3.63) is 41.8 Å². The zero-order valence-corrected chi connectivity index (χ0v) is 9.65. The number of aliphatic hydroxyl groups is 1. The molecule has 0 bridgehead atoms. The van der Waals surface area contributed by atoms with Gasteiger partial charge in [0.25, 0.3) is 0 Å². The van der Waals surface area contributed by atoms with Gasteiger partial charge >= 0.3 is 0 Å². The lowest BCUT2D eigenvalue weighted by atomic mass is 10.1. The first-order valence-electron chi connectivity index (χ1n) is 6.13. The molecule has 2 nitrogen and oxygen atoms in total. The van der Waals surface area contributed by atoms with Gasteiger partial charge in [-0.05, 0) is 24.3 Å². The van der Waals surface area contributed by atoms with Gasteiger partial charge in [0.1, 0.15) is 0 Å². The van der Waals surface area contributed by atoms with Crippen LogP contribution in [-0.4, -0.2) is 18.2 Å². The van der Waals surface area contributed by atoms with Gasteiger partial charge in [-0.3, -0.25) is 0 Å². The molecule has 1 aliphatic rings. The van der Waals surface area contributed by atoms with Gasteiger partial charge in [0.2, 0.25) is 0 Å². The zero-order valence-electron chi connectivity index (χ0n) is 9.65. The van der Waals surface area contributed by atoms with Gasteiger partial charge in [0.15, 0.2) is 0 Å². The van der Waals surface area contributed by atoms with Crippen molar-refractivity contribution in [2.75, 3.05) is 13.1 Å². The van der Waals surface area contributed by atoms with Gasteiger partial charge in [0.05, 0.1) is 6.10 Å².